The number of benzene rings is 1. The van der Waals surface area contributed by atoms with E-state index in [9.17, 15) is 14.3 Å². The van der Waals surface area contributed by atoms with Crippen molar-refractivity contribution in [3.8, 4) is 0 Å². The van der Waals surface area contributed by atoms with Crippen LogP contribution in [0.5, 0.6) is 0 Å². The van der Waals surface area contributed by atoms with Crippen molar-refractivity contribution in [2.45, 2.75) is 19.5 Å². The Morgan fingerprint density at radius 1 is 1.33 bits per heavy atom. The van der Waals surface area contributed by atoms with Gasteiger partial charge in [0.15, 0.2) is 0 Å². The molecule has 2 aromatic rings. The monoisotopic (exact) mass is 350 g/mol. The van der Waals surface area contributed by atoms with Gasteiger partial charge in [0.2, 0.25) is 5.91 Å². The first-order chi connectivity index (χ1) is 11.4. The molecular formula is C18H23FN2O2S. The summed E-state index contributed by atoms with van der Waals surface area (Å²) in [5, 5.41) is 11.3. The Morgan fingerprint density at radius 3 is 2.62 bits per heavy atom. The highest BCUT2D eigenvalue weighted by Gasteiger charge is 2.28. The summed E-state index contributed by atoms with van der Waals surface area (Å²) in [7, 11) is 3.59. The minimum atomic E-state index is -0.590. The first-order valence-electron chi connectivity index (χ1n) is 7.78. The number of amides is 1. The molecule has 1 atom stereocenters. The van der Waals surface area contributed by atoms with Crippen LogP contribution in [0.1, 0.15) is 22.0 Å². The van der Waals surface area contributed by atoms with Gasteiger partial charge in [0.25, 0.3) is 0 Å². The summed E-state index contributed by atoms with van der Waals surface area (Å²) in [6.07, 6.45) is 0. The van der Waals surface area contributed by atoms with Crippen molar-refractivity contribution in [3.05, 3.63) is 57.5 Å². The number of nitrogens with zero attached hydrogens (tertiary/aromatic N) is 2. The molecule has 1 aromatic heterocycles. The molecule has 0 unspecified atom stereocenters. The van der Waals surface area contributed by atoms with E-state index in [0.717, 1.165) is 10.4 Å². The molecule has 0 spiro atoms. The van der Waals surface area contributed by atoms with Crippen LogP contribution in [0.15, 0.2) is 35.7 Å². The zero-order valence-electron chi connectivity index (χ0n) is 14.2. The summed E-state index contributed by atoms with van der Waals surface area (Å²) >= 11 is 1.59. The molecule has 24 heavy (non-hydrogen) atoms. The van der Waals surface area contributed by atoms with Crippen LogP contribution < -0.4 is 0 Å². The Kier molecular flexibility index (Phi) is 6.48. The molecule has 0 radical (unpaired) electrons. The van der Waals surface area contributed by atoms with E-state index in [1.165, 1.54) is 12.1 Å². The average Bonchev–Trinajstić information content (AvgIpc) is 2.92. The SMILES string of the molecule is Cc1ccsc1CN(CCO)C(=O)[C@@H](c1cccc(F)c1)N(C)C. The highest BCUT2D eigenvalue weighted by molar-refractivity contribution is 7.10. The predicted molar refractivity (Wildman–Crippen MR) is 94.4 cm³/mol. The second-order valence-corrected chi connectivity index (χ2v) is 6.93. The van der Waals surface area contributed by atoms with Crippen LogP contribution in [-0.2, 0) is 11.3 Å². The van der Waals surface area contributed by atoms with E-state index in [2.05, 4.69) is 0 Å². The number of hydrogen-bond donors (Lipinski definition) is 1. The predicted octanol–water partition coefficient (Wildman–Crippen LogP) is 2.82. The van der Waals surface area contributed by atoms with E-state index >= 15 is 0 Å². The summed E-state index contributed by atoms with van der Waals surface area (Å²) in [5.41, 5.74) is 1.73. The van der Waals surface area contributed by atoms with Gasteiger partial charge in [-0.3, -0.25) is 9.69 Å². The fraction of sp³-hybridized carbons (Fsp3) is 0.389. The molecule has 1 N–H and O–H groups in total. The van der Waals surface area contributed by atoms with Gasteiger partial charge in [0.05, 0.1) is 13.2 Å². The summed E-state index contributed by atoms with van der Waals surface area (Å²) in [4.78, 5) is 17.6. The van der Waals surface area contributed by atoms with Gasteiger partial charge in [0, 0.05) is 11.4 Å². The van der Waals surface area contributed by atoms with Crippen molar-refractivity contribution in [3.63, 3.8) is 0 Å². The van der Waals surface area contributed by atoms with Crippen LogP contribution in [0, 0.1) is 12.7 Å². The van der Waals surface area contributed by atoms with Gasteiger partial charge in [-0.05, 0) is 55.7 Å². The maximum Gasteiger partial charge on any atom is 0.244 e. The zero-order valence-corrected chi connectivity index (χ0v) is 15.0. The number of carbonyl (C=O) groups is 1. The number of likely N-dealkylation sites (N-methyl/N-ethyl adjacent to an activating group) is 1. The smallest absolute Gasteiger partial charge is 0.244 e. The van der Waals surface area contributed by atoms with Crippen LogP contribution >= 0.6 is 11.3 Å². The van der Waals surface area contributed by atoms with Gasteiger partial charge in [-0.2, -0.15) is 0 Å². The number of aliphatic hydroxyl groups excluding tert-OH is 1. The Hall–Kier alpha value is -1.76. The lowest BCUT2D eigenvalue weighted by molar-refractivity contribution is -0.137. The van der Waals surface area contributed by atoms with Gasteiger partial charge in [-0.25, -0.2) is 4.39 Å². The number of halogens is 1. The normalized spacial score (nSPS) is 12.4. The minimum absolute atomic E-state index is 0.112. The number of carbonyl (C=O) groups excluding carboxylic acids is 1. The molecular weight excluding hydrogens is 327 g/mol. The molecule has 0 aliphatic carbocycles. The van der Waals surface area contributed by atoms with Crippen LogP contribution in [0.25, 0.3) is 0 Å². The average molecular weight is 350 g/mol. The highest BCUT2D eigenvalue weighted by Crippen LogP contribution is 2.24. The maximum absolute atomic E-state index is 13.6. The Labute approximate surface area is 146 Å². The highest BCUT2D eigenvalue weighted by atomic mass is 32.1. The van der Waals surface area contributed by atoms with E-state index in [4.69, 9.17) is 0 Å². The van der Waals surface area contributed by atoms with Crippen molar-refractivity contribution in [1.82, 2.24) is 9.80 Å². The third kappa shape index (κ3) is 4.41. The second kappa shape index (κ2) is 8.37. The summed E-state index contributed by atoms with van der Waals surface area (Å²) < 4.78 is 13.6. The standard InChI is InChI=1S/C18H23FN2O2S/c1-13-7-10-24-16(13)12-21(8-9-22)18(23)17(20(2)3)14-5-4-6-15(19)11-14/h4-7,10-11,17,22H,8-9,12H2,1-3H3/t17-/m1/s1. The lowest BCUT2D eigenvalue weighted by Gasteiger charge is -2.30. The fourth-order valence-electron chi connectivity index (χ4n) is 2.64. The molecule has 0 aliphatic rings. The van der Waals surface area contributed by atoms with Gasteiger partial charge >= 0.3 is 0 Å². The molecule has 6 heteroatoms. The molecule has 1 amide bonds. The molecule has 0 fully saturated rings. The number of hydrogen-bond acceptors (Lipinski definition) is 4. The van der Waals surface area contributed by atoms with Crippen molar-refractivity contribution >= 4 is 17.2 Å². The summed E-state index contributed by atoms with van der Waals surface area (Å²) in [5.74, 6) is -0.512. The maximum atomic E-state index is 13.6. The Morgan fingerprint density at radius 2 is 2.08 bits per heavy atom. The van der Waals surface area contributed by atoms with Crippen LogP contribution in [-0.4, -0.2) is 48.1 Å². The van der Waals surface area contributed by atoms with Crippen molar-refractivity contribution in [2.75, 3.05) is 27.2 Å². The van der Waals surface area contributed by atoms with Gasteiger partial charge in [-0.1, -0.05) is 12.1 Å². The largest absolute Gasteiger partial charge is 0.395 e. The molecule has 0 aliphatic heterocycles. The topological polar surface area (TPSA) is 43.8 Å². The molecule has 0 saturated carbocycles. The number of aryl methyl sites for hydroxylation is 1. The second-order valence-electron chi connectivity index (χ2n) is 5.93. The lowest BCUT2D eigenvalue weighted by atomic mass is 10.0. The third-order valence-electron chi connectivity index (χ3n) is 3.90. The van der Waals surface area contributed by atoms with Gasteiger partial charge in [0.1, 0.15) is 11.9 Å². The summed E-state index contributed by atoms with van der Waals surface area (Å²) in [6, 6.07) is 7.52. The molecule has 2 rings (SSSR count). The van der Waals surface area contributed by atoms with Crippen molar-refractivity contribution in [2.24, 2.45) is 0 Å². The van der Waals surface area contributed by atoms with E-state index < -0.39 is 6.04 Å². The first-order valence-corrected chi connectivity index (χ1v) is 8.66. The zero-order chi connectivity index (χ0) is 17.7. The Balaban J connectivity index is 2.29. The van der Waals surface area contributed by atoms with Gasteiger partial charge in [-0.15, -0.1) is 11.3 Å². The summed E-state index contributed by atoms with van der Waals surface area (Å²) in [6.45, 7) is 2.58. The molecule has 4 nitrogen and oxygen atoms in total. The third-order valence-corrected chi connectivity index (χ3v) is 4.91. The van der Waals surface area contributed by atoms with Crippen LogP contribution in [0.4, 0.5) is 4.39 Å². The van der Waals surface area contributed by atoms with E-state index in [-0.39, 0.29) is 24.9 Å². The van der Waals surface area contributed by atoms with Gasteiger partial charge < -0.3 is 10.0 Å². The van der Waals surface area contributed by atoms with E-state index in [1.807, 2.05) is 18.4 Å². The van der Waals surface area contributed by atoms with E-state index in [0.29, 0.717) is 12.1 Å². The van der Waals surface area contributed by atoms with Crippen LogP contribution in [0.2, 0.25) is 0 Å². The molecule has 0 bridgehead atoms. The van der Waals surface area contributed by atoms with E-state index in [1.54, 1.807) is 47.4 Å². The van der Waals surface area contributed by atoms with Crippen molar-refractivity contribution < 1.29 is 14.3 Å². The van der Waals surface area contributed by atoms with Crippen molar-refractivity contribution in [1.29, 1.82) is 0 Å². The molecule has 1 heterocycles. The number of aliphatic hydroxyl groups is 1. The molecule has 130 valence electrons. The lowest BCUT2D eigenvalue weighted by Crippen LogP contribution is -2.41. The molecule has 1 aromatic carbocycles. The quantitative estimate of drug-likeness (QED) is 0.835. The Bertz CT molecular complexity index is 687. The minimum Gasteiger partial charge on any atom is -0.395 e. The van der Waals surface area contributed by atoms with Crippen LogP contribution in [0.3, 0.4) is 0 Å². The molecule has 0 saturated heterocycles. The first kappa shape index (κ1) is 18.6. The fourth-order valence-corrected chi connectivity index (χ4v) is 3.56. The number of rotatable bonds is 7. The number of thiophene rings is 1.